The summed E-state index contributed by atoms with van der Waals surface area (Å²) in [4.78, 5) is 11.6. The van der Waals surface area contributed by atoms with Crippen LogP contribution < -0.4 is 5.32 Å². The molecule has 4 rings (SSSR count). The van der Waals surface area contributed by atoms with Crippen molar-refractivity contribution in [1.29, 1.82) is 0 Å². The Morgan fingerprint density at radius 2 is 1.84 bits per heavy atom. The van der Waals surface area contributed by atoms with Gasteiger partial charge in [-0.2, -0.15) is 0 Å². The van der Waals surface area contributed by atoms with E-state index in [1.807, 2.05) is 24.3 Å². The quantitative estimate of drug-likeness (QED) is 0.549. The Morgan fingerprint density at radius 1 is 1.12 bits per heavy atom. The van der Waals surface area contributed by atoms with Gasteiger partial charge >= 0.3 is 5.97 Å². The van der Waals surface area contributed by atoms with E-state index >= 15 is 0 Å². The number of anilines is 1. The first-order valence-electron chi connectivity index (χ1n) is 8.19. The van der Waals surface area contributed by atoms with Gasteiger partial charge in [0.05, 0.1) is 29.4 Å². The van der Waals surface area contributed by atoms with Crippen molar-refractivity contribution in [2.24, 2.45) is 5.92 Å². The predicted octanol–water partition coefficient (Wildman–Crippen LogP) is 5.61. The Morgan fingerprint density at radius 3 is 2.56 bits per heavy atom. The first-order valence-corrected chi connectivity index (χ1v) is 8.95. The van der Waals surface area contributed by atoms with E-state index in [0.29, 0.717) is 16.5 Å². The molecule has 1 aliphatic carbocycles. The molecule has 0 saturated heterocycles. The van der Waals surface area contributed by atoms with Crippen LogP contribution in [0, 0.1) is 5.92 Å². The van der Waals surface area contributed by atoms with Gasteiger partial charge in [0.25, 0.3) is 0 Å². The third-order valence-corrected chi connectivity index (χ3v) is 5.75. The van der Waals surface area contributed by atoms with E-state index < -0.39 is 0 Å². The molecule has 0 unspecified atom stereocenters. The number of carbonyl (C=O) groups is 1. The van der Waals surface area contributed by atoms with Gasteiger partial charge in [0, 0.05) is 16.5 Å². The first-order chi connectivity index (χ1) is 12.1. The molecule has 3 atom stereocenters. The lowest BCUT2D eigenvalue weighted by molar-refractivity contribution is 0.0600. The SMILES string of the molecule is COC(=O)c1ccc([C@@H]2Nc3c(Cl)ccc(Cl)c3[C@H]3C=CC[C@H]32)cc1. The molecule has 1 heterocycles. The molecule has 0 bridgehead atoms. The van der Waals surface area contributed by atoms with Crippen molar-refractivity contribution in [3.63, 3.8) is 0 Å². The Balaban J connectivity index is 1.74. The van der Waals surface area contributed by atoms with E-state index in [9.17, 15) is 4.79 Å². The van der Waals surface area contributed by atoms with Crippen molar-refractivity contribution in [1.82, 2.24) is 0 Å². The van der Waals surface area contributed by atoms with Crippen LogP contribution in [0.25, 0.3) is 0 Å². The van der Waals surface area contributed by atoms with Gasteiger partial charge in [0.1, 0.15) is 0 Å². The standard InChI is InChI=1S/C20H17Cl2NO2/c1-25-20(24)12-7-5-11(6-8-12)18-14-4-2-3-13(14)17-15(21)9-10-16(22)19(17)23-18/h2-3,5-10,13-14,18,23H,4H2,1H3/t13-,14+,18-/m0/s1. The second-order valence-electron chi connectivity index (χ2n) is 6.41. The van der Waals surface area contributed by atoms with E-state index in [1.54, 1.807) is 12.1 Å². The molecule has 2 aromatic rings. The van der Waals surface area contributed by atoms with Gasteiger partial charge in [0.2, 0.25) is 0 Å². The number of esters is 1. The summed E-state index contributed by atoms with van der Waals surface area (Å²) < 4.78 is 4.77. The number of benzene rings is 2. The van der Waals surface area contributed by atoms with E-state index in [1.165, 1.54) is 7.11 Å². The molecule has 3 nitrogen and oxygen atoms in total. The van der Waals surface area contributed by atoms with E-state index in [4.69, 9.17) is 27.9 Å². The highest BCUT2D eigenvalue weighted by Gasteiger charge is 2.39. The normalized spacial score (nSPS) is 23.6. The van der Waals surface area contributed by atoms with Crippen LogP contribution >= 0.6 is 23.2 Å². The number of allylic oxidation sites excluding steroid dienone is 2. The molecule has 128 valence electrons. The van der Waals surface area contributed by atoms with Gasteiger partial charge in [-0.1, -0.05) is 47.5 Å². The van der Waals surface area contributed by atoms with Gasteiger partial charge in [-0.05, 0) is 42.2 Å². The third-order valence-electron chi connectivity index (χ3n) is 5.11. The van der Waals surface area contributed by atoms with Crippen molar-refractivity contribution in [2.45, 2.75) is 18.4 Å². The minimum atomic E-state index is -0.330. The topological polar surface area (TPSA) is 38.3 Å². The molecule has 0 radical (unpaired) electrons. The van der Waals surface area contributed by atoms with Crippen LogP contribution in [0.1, 0.15) is 39.9 Å². The summed E-state index contributed by atoms with van der Waals surface area (Å²) in [7, 11) is 1.39. The van der Waals surface area contributed by atoms with Crippen LogP contribution in [0.5, 0.6) is 0 Å². The number of halogens is 2. The van der Waals surface area contributed by atoms with E-state index in [0.717, 1.165) is 28.3 Å². The minimum Gasteiger partial charge on any atom is -0.465 e. The Bertz CT molecular complexity index is 861. The number of hydrogen-bond acceptors (Lipinski definition) is 3. The molecule has 0 spiro atoms. The summed E-state index contributed by atoms with van der Waals surface area (Å²) in [5.74, 6) is 0.281. The number of carbonyl (C=O) groups excluding carboxylic acids is 1. The molecule has 1 aliphatic heterocycles. The zero-order valence-corrected chi connectivity index (χ0v) is 15.1. The molecule has 0 saturated carbocycles. The molecule has 0 aromatic heterocycles. The van der Waals surface area contributed by atoms with E-state index in [-0.39, 0.29) is 17.9 Å². The summed E-state index contributed by atoms with van der Waals surface area (Å²) in [5.41, 5.74) is 3.65. The number of nitrogens with one attached hydrogen (secondary N) is 1. The van der Waals surface area contributed by atoms with Gasteiger partial charge in [0.15, 0.2) is 0 Å². The van der Waals surface area contributed by atoms with Crippen molar-refractivity contribution >= 4 is 34.9 Å². The highest BCUT2D eigenvalue weighted by molar-refractivity contribution is 6.36. The maximum atomic E-state index is 11.6. The van der Waals surface area contributed by atoms with Gasteiger partial charge in [-0.15, -0.1) is 0 Å². The second kappa shape index (κ2) is 6.40. The van der Waals surface area contributed by atoms with Crippen molar-refractivity contribution in [3.05, 3.63) is 75.3 Å². The zero-order chi connectivity index (χ0) is 17.6. The monoisotopic (exact) mass is 373 g/mol. The highest BCUT2D eigenvalue weighted by atomic mass is 35.5. The van der Waals surface area contributed by atoms with Crippen LogP contribution in [-0.2, 0) is 4.74 Å². The lowest BCUT2D eigenvalue weighted by Crippen LogP contribution is -2.29. The van der Waals surface area contributed by atoms with Crippen LogP contribution in [0.15, 0.2) is 48.6 Å². The summed E-state index contributed by atoms with van der Waals surface area (Å²) >= 11 is 12.9. The fourth-order valence-electron chi connectivity index (χ4n) is 3.90. The Hall–Kier alpha value is -1.97. The molecule has 1 N–H and O–H groups in total. The lowest BCUT2D eigenvalue weighted by Gasteiger charge is -2.38. The maximum absolute atomic E-state index is 11.6. The number of hydrogen-bond donors (Lipinski definition) is 1. The molecule has 2 aliphatic rings. The van der Waals surface area contributed by atoms with Gasteiger partial charge < -0.3 is 10.1 Å². The van der Waals surface area contributed by atoms with Crippen LogP contribution in [0.4, 0.5) is 5.69 Å². The molecule has 5 heteroatoms. The number of methoxy groups -OCH3 is 1. The molecule has 25 heavy (non-hydrogen) atoms. The third kappa shape index (κ3) is 2.72. The number of fused-ring (bicyclic) bond motifs is 3. The lowest BCUT2D eigenvalue weighted by atomic mass is 9.77. The average Bonchev–Trinajstić information content (AvgIpc) is 3.13. The fraction of sp³-hybridized carbons (Fsp3) is 0.250. The number of ether oxygens (including phenoxy) is 1. The fourth-order valence-corrected chi connectivity index (χ4v) is 4.41. The second-order valence-corrected chi connectivity index (χ2v) is 7.22. The maximum Gasteiger partial charge on any atom is 0.337 e. The Kier molecular flexibility index (Phi) is 4.22. The van der Waals surface area contributed by atoms with E-state index in [2.05, 4.69) is 17.5 Å². The molecular formula is C20H17Cl2NO2. The average molecular weight is 374 g/mol. The number of rotatable bonds is 2. The van der Waals surface area contributed by atoms with Gasteiger partial charge in [-0.3, -0.25) is 0 Å². The summed E-state index contributed by atoms with van der Waals surface area (Å²) in [6, 6.07) is 11.3. The van der Waals surface area contributed by atoms with Crippen LogP contribution in [-0.4, -0.2) is 13.1 Å². The van der Waals surface area contributed by atoms with Crippen molar-refractivity contribution in [3.8, 4) is 0 Å². The summed E-state index contributed by atoms with van der Waals surface area (Å²) in [6.45, 7) is 0. The molecule has 0 amide bonds. The summed E-state index contributed by atoms with van der Waals surface area (Å²) in [5, 5.41) is 5.00. The summed E-state index contributed by atoms with van der Waals surface area (Å²) in [6.07, 6.45) is 5.41. The first kappa shape index (κ1) is 16.5. The van der Waals surface area contributed by atoms with Crippen molar-refractivity contribution in [2.75, 3.05) is 12.4 Å². The van der Waals surface area contributed by atoms with Gasteiger partial charge in [-0.25, -0.2) is 4.79 Å². The zero-order valence-electron chi connectivity index (χ0n) is 13.6. The minimum absolute atomic E-state index is 0.107. The smallest absolute Gasteiger partial charge is 0.337 e. The molecule has 0 fully saturated rings. The highest BCUT2D eigenvalue weighted by Crippen LogP contribution is 2.53. The predicted molar refractivity (Wildman–Crippen MR) is 101 cm³/mol. The largest absolute Gasteiger partial charge is 0.465 e. The molecular weight excluding hydrogens is 357 g/mol. The van der Waals surface area contributed by atoms with Crippen LogP contribution in [0.2, 0.25) is 10.0 Å². The molecule has 2 aromatic carbocycles. The van der Waals surface area contributed by atoms with Crippen LogP contribution in [0.3, 0.4) is 0 Å². The Labute approximate surface area is 156 Å². The van der Waals surface area contributed by atoms with Crippen molar-refractivity contribution < 1.29 is 9.53 Å².